The van der Waals surface area contributed by atoms with E-state index in [0.29, 0.717) is 28.1 Å². The molecule has 0 radical (unpaired) electrons. The van der Waals surface area contributed by atoms with Gasteiger partial charge in [0.25, 0.3) is 0 Å². The molecule has 0 spiro atoms. The van der Waals surface area contributed by atoms with Crippen LogP contribution in [0, 0.1) is 22.7 Å². The molecule has 7 aromatic rings. The number of hydrogen-bond donors (Lipinski definition) is 0. The third kappa shape index (κ3) is 5.32. The molecule has 1 aliphatic rings. The van der Waals surface area contributed by atoms with Gasteiger partial charge in [-0.2, -0.15) is 10.5 Å². The minimum atomic E-state index is -0.293. The number of nitrogens with zero attached hydrogens (tertiary/aromatic N) is 3. The van der Waals surface area contributed by atoms with E-state index < -0.39 is 0 Å². The summed E-state index contributed by atoms with van der Waals surface area (Å²) in [5, 5.41) is 21.2. The number of hydrogen-bond acceptors (Lipinski definition) is 4. The van der Waals surface area contributed by atoms with E-state index in [-0.39, 0.29) is 11.2 Å². The summed E-state index contributed by atoms with van der Waals surface area (Å²) in [6.07, 6.45) is 0. The summed E-state index contributed by atoms with van der Waals surface area (Å²) in [4.78, 5) is 18.7. The molecule has 1 aliphatic carbocycles. The van der Waals surface area contributed by atoms with E-state index in [1.54, 1.807) is 0 Å². The molecule has 51 heavy (non-hydrogen) atoms. The second-order valence-electron chi connectivity index (χ2n) is 13.3. The third-order valence-electron chi connectivity index (χ3n) is 9.98. The van der Waals surface area contributed by atoms with Crippen molar-refractivity contribution in [2.75, 3.05) is 0 Å². The summed E-state index contributed by atoms with van der Waals surface area (Å²) < 4.78 is 0. The van der Waals surface area contributed by atoms with Gasteiger partial charge in [0.15, 0.2) is 5.78 Å². The van der Waals surface area contributed by atoms with Gasteiger partial charge in [-0.1, -0.05) is 147 Å². The van der Waals surface area contributed by atoms with Gasteiger partial charge >= 0.3 is 0 Å². The third-order valence-corrected chi connectivity index (χ3v) is 9.98. The van der Waals surface area contributed by atoms with Crippen LogP contribution in [0.25, 0.3) is 55.9 Å². The molecule has 1 heterocycles. The molecular formula is C47H31N3O. The first-order chi connectivity index (χ1) is 24.9. The Labute approximate surface area is 297 Å². The van der Waals surface area contributed by atoms with Gasteiger partial charge in [-0.3, -0.25) is 4.79 Å². The van der Waals surface area contributed by atoms with Crippen molar-refractivity contribution < 1.29 is 4.79 Å². The van der Waals surface area contributed by atoms with Gasteiger partial charge < -0.3 is 0 Å². The average molecular weight is 654 g/mol. The molecule has 4 heteroatoms. The minimum Gasteiger partial charge on any atom is -0.289 e. The summed E-state index contributed by atoms with van der Waals surface area (Å²) in [7, 11) is 0. The number of carbonyl (C=O) groups is 1. The normalized spacial score (nSPS) is 12.7. The lowest BCUT2D eigenvalue weighted by Gasteiger charge is -2.34. The van der Waals surface area contributed by atoms with Crippen LogP contribution in [-0.2, 0) is 5.41 Å². The number of pyridine rings is 1. The molecule has 0 saturated carbocycles. The van der Waals surface area contributed by atoms with Gasteiger partial charge in [0, 0.05) is 33.2 Å². The zero-order chi connectivity index (χ0) is 35.1. The molecule has 0 fully saturated rings. The predicted molar refractivity (Wildman–Crippen MR) is 203 cm³/mol. The molecule has 240 valence electrons. The van der Waals surface area contributed by atoms with Crippen LogP contribution >= 0.6 is 0 Å². The number of nitriles is 2. The van der Waals surface area contributed by atoms with Gasteiger partial charge in [-0.05, 0) is 57.1 Å². The summed E-state index contributed by atoms with van der Waals surface area (Å²) >= 11 is 0. The van der Waals surface area contributed by atoms with E-state index in [1.165, 1.54) is 0 Å². The van der Waals surface area contributed by atoms with Crippen LogP contribution in [0.15, 0.2) is 152 Å². The number of aromatic nitrogens is 1. The number of fused-ring (bicyclic) bond motifs is 2. The highest BCUT2D eigenvalue weighted by molar-refractivity contribution is 6.13. The van der Waals surface area contributed by atoms with Crippen molar-refractivity contribution in [2.24, 2.45) is 0 Å². The van der Waals surface area contributed by atoms with Crippen molar-refractivity contribution in [1.82, 2.24) is 4.98 Å². The maximum Gasteiger partial charge on any atom is 0.193 e. The highest BCUT2D eigenvalue weighted by Gasteiger charge is 2.36. The molecule has 0 bridgehead atoms. The highest BCUT2D eigenvalue weighted by atomic mass is 16.1. The SMILES string of the molecule is CC1(C)c2ccccc2C(=O)c2cc(-c3cccc(-c4cccc(-c5c(C#N)c(-c6ccccc6)nc(-c6ccccc6)c5C#N)c4)c3)ccc21. The zero-order valence-electron chi connectivity index (χ0n) is 28.2. The molecule has 6 aromatic carbocycles. The Balaban J connectivity index is 1.25. The van der Waals surface area contributed by atoms with Crippen LogP contribution in [0.1, 0.15) is 52.0 Å². The topological polar surface area (TPSA) is 77.5 Å². The molecule has 0 atom stereocenters. The lowest BCUT2D eigenvalue weighted by molar-refractivity contribution is 0.103. The van der Waals surface area contributed by atoms with Crippen molar-refractivity contribution in [3.8, 4) is 68.0 Å². The molecule has 8 rings (SSSR count). The molecule has 0 amide bonds. The Morgan fingerprint density at radius 1 is 0.471 bits per heavy atom. The molecule has 0 N–H and O–H groups in total. The second kappa shape index (κ2) is 12.5. The fourth-order valence-corrected chi connectivity index (χ4v) is 7.41. The van der Waals surface area contributed by atoms with Crippen LogP contribution in [0.5, 0.6) is 0 Å². The minimum absolute atomic E-state index is 0.0503. The lowest BCUT2D eigenvalue weighted by Crippen LogP contribution is -2.30. The van der Waals surface area contributed by atoms with Crippen LogP contribution in [0.2, 0.25) is 0 Å². The van der Waals surface area contributed by atoms with Crippen LogP contribution in [-0.4, -0.2) is 10.8 Å². The van der Waals surface area contributed by atoms with Gasteiger partial charge in [0.2, 0.25) is 0 Å². The van der Waals surface area contributed by atoms with Crippen LogP contribution < -0.4 is 0 Å². The number of rotatable bonds is 5. The average Bonchev–Trinajstić information content (AvgIpc) is 3.19. The fraction of sp³-hybridized carbons (Fsp3) is 0.0638. The first-order valence-corrected chi connectivity index (χ1v) is 16.9. The Morgan fingerprint density at radius 3 is 1.49 bits per heavy atom. The Bertz CT molecular complexity index is 2510. The summed E-state index contributed by atoms with van der Waals surface area (Å²) in [5.41, 5.74) is 11.8. The van der Waals surface area contributed by atoms with E-state index in [2.05, 4.69) is 62.4 Å². The maximum atomic E-state index is 13.7. The zero-order valence-corrected chi connectivity index (χ0v) is 28.2. The van der Waals surface area contributed by atoms with Gasteiger partial charge in [-0.25, -0.2) is 4.98 Å². The summed E-state index contributed by atoms with van der Waals surface area (Å²) in [6.45, 7) is 4.35. The molecular weight excluding hydrogens is 623 g/mol. The smallest absolute Gasteiger partial charge is 0.193 e. The van der Waals surface area contributed by atoms with Crippen molar-refractivity contribution in [1.29, 1.82) is 10.5 Å². The molecule has 4 nitrogen and oxygen atoms in total. The Kier molecular flexibility index (Phi) is 7.72. The van der Waals surface area contributed by atoms with Gasteiger partial charge in [0.05, 0.1) is 22.5 Å². The second-order valence-corrected chi connectivity index (χ2v) is 13.3. The van der Waals surface area contributed by atoms with Crippen LogP contribution in [0.3, 0.4) is 0 Å². The predicted octanol–water partition coefficient (Wildman–Crippen LogP) is 11.0. The quantitative estimate of drug-likeness (QED) is 0.185. The molecule has 0 aliphatic heterocycles. The highest BCUT2D eigenvalue weighted by Crippen LogP contribution is 2.43. The maximum absolute atomic E-state index is 13.7. The summed E-state index contributed by atoms with van der Waals surface area (Å²) in [6, 6.07) is 54.4. The van der Waals surface area contributed by atoms with Crippen molar-refractivity contribution >= 4 is 5.78 Å². The Hall–Kier alpha value is -6.88. The van der Waals surface area contributed by atoms with Crippen LogP contribution in [0.4, 0.5) is 0 Å². The van der Waals surface area contributed by atoms with Crippen molar-refractivity contribution in [3.05, 3.63) is 185 Å². The van der Waals surface area contributed by atoms with Crippen molar-refractivity contribution in [2.45, 2.75) is 19.3 Å². The number of carbonyl (C=O) groups excluding carboxylic acids is 1. The monoisotopic (exact) mass is 653 g/mol. The molecule has 0 saturated heterocycles. The molecule has 1 aromatic heterocycles. The van der Waals surface area contributed by atoms with E-state index in [9.17, 15) is 15.3 Å². The number of ketones is 1. The van der Waals surface area contributed by atoms with E-state index in [0.717, 1.165) is 61.2 Å². The van der Waals surface area contributed by atoms with E-state index >= 15 is 0 Å². The summed E-state index contributed by atoms with van der Waals surface area (Å²) in [5.74, 6) is 0.0503. The Morgan fingerprint density at radius 2 is 0.922 bits per heavy atom. The first kappa shape index (κ1) is 31.4. The van der Waals surface area contributed by atoms with E-state index in [4.69, 9.17) is 4.98 Å². The lowest BCUT2D eigenvalue weighted by atomic mass is 9.68. The van der Waals surface area contributed by atoms with E-state index in [1.807, 2.05) is 115 Å². The van der Waals surface area contributed by atoms with Crippen molar-refractivity contribution in [3.63, 3.8) is 0 Å². The standard InChI is InChI=1S/C47H31N3O/c1-47(2)41-22-10-9-21-37(41)46(51)38-27-35(23-24-42(38)47)33-18-11-17-32(25-33)34-19-12-20-36(26-34)43-39(28-48)44(30-13-5-3-6-14-30)50-45(40(43)29-49)31-15-7-4-8-16-31/h3-27H,1-2H3. The van der Waals surface area contributed by atoms with Gasteiger partial charge in [-0.15, -0.1) is 0 Å². The van der Waals surface area contributed by atoms with Gasteiger partial charge in [0.1, 0.15) is 12.1 Å². The molecule has 0 unspecified atom stereocenters. The fourth-order valence-electron chi connectivity index (χ4n) is 7.41. The number of benzene rings is 6. The first-order valence-electron chi connectivity index (χ1n) is 16.9. The largest absolute Gasteiger partial charge is 0.289 e.